The van der Waals surface area contributed by atoms with Crippen molar-refractivity contribution >= 4 is 28.6 Å². The number of carbonyl (C=O) groups excluding carboxylic acids is 2. The van der Waals surface area contributed by atoms with Crippen LogP contribution < -0.4 is 0 Å². The maximum Gasteiger partial charge on any atom is 0.336 e. The molecule has 0 fully saturated rings. The van der Waals surface area contributed by atoms with Gasteiger partial charge in [-0.3, -0.25) is 4.79 Å². The molecule has 0 aliphatic rings. The first-order valence-electron chi connectivity index (χ1n) is 13.5. The zero-order chi connectivity index (χ0) is 28.8. The highest BCUT2D eigenvalue weighted by Gasteiger charge is 2.38. The lowest BCUT2D eigenvalue weighted by Gasteiger charge is -2.28. The number of benzene rings is 2. The van der Waals surface area contributed by atoms with E-state index in [-0.39, 0.29) is 13.2 Å². The Morgan fingerprint density at radius 2 is 1.62 bits per heavy atom. The van der Waals surface area contributed by atoms with Crippen LogP contribution in [-0.4, -0.2) is 84.2 Å². The summed E-state index contributed by atoms with van der Waals surface area (Å²) in [4.78, 5) is 38.8. The van der Waals surface area contributed by atoms with Crippen LogP contribution in [0, 0.1) is 0 Å². The number of unbranched alkanes of at least 4 members (excludes halogenated alkanes) is 3. The average Bonchev–Trinajstić information content (AvgIpc) is 2.88. The van der Waals surface area contributed by atoms with Gasteiger partial charge in [0.1, 0.15) is 12.2 Å². The highest BCUT2D eigenvalue weighted by molar-refractivity contribution is 5.88. The number of amides is 1. The molecule has 2 aromatic carbocycles. The molecule has 0 aromatic heterocycles. The number of aliphatic carboxylic acids is 1. The van der Waals surface area contributed by atoms with Crippen LogP contribution in [0.5, 0.6) is 0 Å². The molecular weight excluding hydrogens is 502 g/mol. The fraction of sp³-hybridized carbons (Fsp3) is 0.567. The van der Waals surface area contributed by atoms with E-state index in [0.717, 1.165) is 25.7 Å². The lowest BCUT2D eigenvalue weighted by Crippen LogP contribution is -2.50. The second-order valence-corrected chi connectivity index (χ2v) is 10.6. The molecule has 2 aromatic rings. The highest BCUT2D eigenvalue weighted by atomic mass is 16.6. The van der Waals surface area contributed by atoms with Crippen molar-refractivity contribution in [3.63, 3.8) is 0 Å². The van der Waals surface area contributed by atoms with Crippen molar-refractivity contribution in [2.75, 3.05) is 33.4 Å². The average molecular weight is 546 g/mol. The molecular formula is C30H43NO8. The van der Waals surface area contributed by atoms with Gasteiger partial charge in [-0.25, -0.2) is 9.59 Å². The molecule has 39 heavy (non-hydrogen) atoms. The summed E-state index contributed by atoms with van der Waals surface area (Å²) in [5.74, 6) is -2.69. The molecule has 9 heteroatoms. The van der Waals surface area contributed by atoms with E-state index in [0.29, 0.717) is 19.4 Å². The standard InChI is InChI=1S/C30H43NO8/c1-30(2,3)39-25(33)21-38-27(29(35)36)26(37-19-11-10-18-32)28(34)31(4)17-9-5-6-12-22-15-16-23-13-7-8-14-24(23)20-22/h7-8,13-16,20,26-27,32H,5-6,9-12,17-19,21H2,1-4H3,(H,35,36)/t26-,27-/m1/s1. The number of esters is 1. The minimum atomic E-state index is -1.69. The normalized spacial score (nSPS) is 13.2. The lowest BCUT2D eigenvalue weighted by atomic mass is 10.0. The zero-order valence-corrected chi connectivity index (χ0v) is 23.6. The van der Waals surface area contributed by atoms with Gasteiger partial charge in [0.05, 0.1) is 0 Å². The number of fused-ring (bicyclic) bond motifs is 1. The molecule has 2 rings (SSSR count). The Morgan fingerprint density at radius 3 is 2.28 bits per heavy atom. The molecule has 0 heterocycles. The monoisotopic (exact) mass is 545 g/mol. The van der Waals surface area contributed by atoms with Crippen molar-refractivity contribution in [3.05, 3.63) is 48.0 Å². The molecule has 0 radical (unpaired) electrons. The number of aliphatic hydroxyl groups is 1. The summed E-state index contributed by atoms with van der Waals surface area (Å²) in [5, 5.41) is 21.2. The Kier molecular flexibility index (Phi) is 13.4. The molecule has 0 saturated heterocycles. The number of carboxylic acids is 1. The van der Waals surface area contributed by atoms with Crippen molar-refractivity contribution < 1.29 is 38.8 Å². The Balaban J connectivity index is 1.92. The smallest absolute Gasteiger partial charge is 0.336 e. The van der Waals surface area contributed by atoms with Gasteiger partial charge >= 0.3 is 11.9 Å². The van der Waals surface area contributed by atoms with Gasteiger partial charge in [0.25, 0.3) is 5.91 Å². The number of nitrogens with zero attached hydrogens (tertiary/aromatic N) is 1. The van der Waals surface area contributed by atoms with E-state index in [4.69, 9.17) is 19.3 Å². The first-order chi connectivity index (χ1) is 18.5. The van der Waals surface area contributed by atoms with Crippen LogP contribution in [0.25, 0.3) is 10.8 Å². The first kappa shape index (κ1) is 32.2. The number of hydrogen-bond acceptors (Lipinski definition) is 7. The van der Waals surface area contributed by atoms with Gasteiger partial charge < -0.3 is 29.3 Å². The van der Waals surface area contributed by atoms with Crippen LogP contribution in [0.3, 0.4) is 0 Å². The molecule has 0 unspecified atom stereocenters. The van der Waals surface area contributed by atoms with Crippen molar-refractivity contribution in [1.29, 1.82) is 0 Å². The van der Waals surface area contributed by atoms with E-state index >= 15 is 0 Å². The second-order valence-electron chi connectivity index (χ2n) is 10.6. The molecule has 2 N–H and O–H groups in total. The van der Waals surface area contributed by atoms with Crippen LogP contribution in [0.15, 0.2) is 42.5 Å². The SMILES string of the molecule is CN(CCCCCc1ccc2ccccc2c1)C(=O)[C@H](OCCCCO)[C@@H](OCC(=O)OC(C)(C)C)C(=O)O. The third-order valence-electron chi connectivity index (χ3n) is 6.06. The summed E-state index contributed by atoms with van der Waals surface area (Å²) >= 11 is 0. The van der Waals surface area contributed by atoms with Crippen molar-refractivity contribution in [2.24, 2.45) is 0 Å². The predicted molar refractivity (Wildman–Crippen MR) is 148 cm³/mol. The Morgan fingerprint density at radius 1 is 0.897 bits per heavy atom. The fourth-order valence-corrected chi connectivity index (χ4v) is 4.11. The zero-order valence-electron chi connectivity index (χ0n) is 23.6. The number of ether oxygens (including phenoxy) is 3. The van der Waals surface area contributed by atoms with E-state index in [1.165, 1.54) is 21.2 Å². The van der Waals surface area contributed by atoms with Crippen molar-refractivity contribution in [1.82, 2.24) is 4.90 Å². The summed E-state index contributed by atoms with van der Waals surface area (Å²) in [6.07, 6.45) is 1.28. The number of rotatable bonds is 17. The maximum atomic E-state index is 13.2. The number of carbonyl (C=O) groups is 3. The third kappa shape index (κ3) is 11.7. The van der Waals surface area contributed by atoms with Gasteiger partial charge in [-0.15, -0.1) is 0 Å². The van der Waals surface area contributed by atoms with Gasteiger partial charge in [0.15, 0.2) is 12.2 Å². The number of aryl methyl sites for hydroxylation is 1. The molecule has 0 spiro atoms. The molecule has 2 atom stereocenters. The molecule has 0 aliphatic carbocycles. The molecule has 0 aliphatic heterocycles. The molecule has 0 bridgehead atoms. The summed E-state index contributed by atoms with van der Waals surface area (Å²) in [6, 6.07) is 14.7. The first-order valence-corrected chi connectivity index (χ1v) is 13.5. The highest BCUT2D eigenvalue weighted by Crippen LogP contribution is 2.18. The van der Waals surface area contributed by atoms with Crippen LogP contribution >= 0.6 is 0 Å². The van der Waals surface area contributed by atoms with E-state index in [1.807, 2.05) is 12.1 Å². The van der Waals surface area contributed by atoms with Crippen LogP contribution in [0.2, 0.25) is 0 Å². The Hall–Kier alpha value is -3.01. The van der Waals surface area contributed by atoms with Gasteiger partial charge in [-0.1, -0.05) is 48.9 Å². The third-order valence-corrected chi connectivity index (χ3v) is 6.06. The maximum absolute atomic E-state index is 13.2. The van der Waals surface area contributed by atoms with Crippen molar-refractivity contribution in [3.8, 4) is 0 Å². The summed E-state index contributed by atoms with van der Waals surface area (Å²) < 4.78 is 16.1. The van der Waals surface area contributed by atoms with Gasteiger partial charge in [0, 0.05) is 26.8 Å². The largest absolute Gasteiger partial charge is 0.479 e. The van der Waals surface area contributed by atoms with E-state index in [2.05, 4.69) is 30.3 Å². The van der Waals surface area contributed by atoms with E-state index in [1.54, 1.807) is 27.8 Å². The van der Waals surface area contributed by atoms with Crippen LogP contribution in [-0.2, 0) is 35.0 Å². The number of likely N-dealkylation sites (N-methyl/N-ethyl adjacent to an activating group) is 1. The van der Waals surface area contributed by atoms with Crippen LogP contribution in [0.4, 0.5) is 0 Å². The molecule has 1 amide bonds. The van der Waals surface area contributed by atoms with Gasteiger partial charge in [0.2, 0.25) is 0 Å². The molecule has 9 nitrogen and oxygen atoms in total. The number of aliphatic hydroxyl groups excluding tert-OH is 1. The number of carboxylic acid groups (broad SMARTS) is 1. The summed E-state index contributed by atoms with van der Waals surface area (Å²) in [7, 11) is 1.60. The van der Waals surface area contributed by atoms with E-state index < -0.39 is 42.3 Å². The molecule has 0 saturated carbocycles. The Labute approximate surface area is 231 Å². The summed E-state index contributed by atoms with van der Waals surface area (Å²) in [5.41, 5.74) is 0.505. The number of hydrogen-bond donors (Lipinski definition) is 2. The predicted octanol–water partition coefficient (Wildman–Crippen LogP) is 3.98. The topological polar surface area (TPSA) is 123 Å². The second kappa shape index (κ2) is 16.2. The van der Waals surface area contributed by atoms with Crippen molar-refractivity contribution in [2.45, 2.75) is 77.1 Å². The molecule has 216 valence electrons. The Bertz CT molecular complexity index is 1060. The minimum absolute atomic E-state index is 0.0431. The van der Waals surface area contributed by atoms with Gasteiger partial charge in [-0.2, -0.15) is 0 Å². The van der Waals surface area contributed by atoms with E-state index in [9.17, 15) is 19.5 Å². The lowest BCUT2D eigenvalue weighted by molar-refractivity contribution is -0.180. The fourth-order valence-electron chi connectivity index (χ4n) is 4.11. The minimum Gasteiger partial charge on any atom is -0.479 e. The quantitative estimate of drug-likeness (QED) is 0.226. The van der Waals surface area contributed by atoms with Crippen LogP contribution in [0.1, 0.15) is 58.4 Å². The van der Waals surface area contributed by atoms with Gasteiger partial charge in [-0.05, 0) is 69.2 Å². The summed E-state index contributed by atoms with van der Waals surface area (Å²) in [6.45, 7) is 4.88.